The number of carbonyl (C=O) groups excluding carboxylic acids is 3. The van der Waals surface area contributed by atoms with Crippen LogP contribution in [0.5, 0.6) is 0 Å². The van der Waals surface area contributed by atoms with E-state index < -0.39 is 29.6 Å². The predicted octanol–water partition coefficient (Wildman–Crippen LogP) is 5.10. The highest BCUT2D eigenvalue weighted by molar-refractivity contribution is 6.02. The van der Waals surface area contributed by atoms with Crippen molar-refractivity contribution in [1.29, 1.82) is 0 Å². The van der Waals surface area contributed by atoms with Crippen LogP contribution < -0.4 is 10.6 Å². The Morgan fingerprint density at radius 2 is 1.73 bits per heavy atom. The summed E-state index contributed by atoms with van der Waals surface area (Å²) >= 11 is 0. The third-order valence-electron chi connectivity index (χ3n) is 9.68. The second-order valence-electron chi connectivity index (χ2n) is 12.8. The van der Waals surface area contributed by atoms with Crippen molar-refractivity contribution in [3.63, 3.8) is 0 Å². The Bertz CT molecular complexity index is 1350. The van der Waals surface area contributed by atoms with E-state index >= 15 is 0 Å². The van der Waals surface area contributed by atoms with E-state index in [0.717, 1.165) is 30.4 Å². The molecule has 7 unspecified atom stereocenters. The standard InChI is InChI=1S/C34H41N3O4/c1-20(2)24-13-15-25(16-14-24)35-31(38)28-27-17-18-34(41-27)29(28)33(40)37(19-23-11-9-21(3)10-12-23)30(34)32(39)36-26-8-6-5-7-22(26)4/h9-18,20,22,26-30H,5-8,19H2,1-4H3,(H,35,38)(H,36,39). The van der Waals surface area contributed by atoms with Gasteiger partial charge in [-0.3, -0.25) is 14.4 Å². The first kappa shape index (κ1) is 27.7. The molecule has 7 heteroatoms. The second-order valence-corrected chi connectivity index (χ2v) is 12.8. The first-order valence-electron chi connectivity index (χ1n) is 15.1. The molecule has 3 aliphatic heterocycles. The number of carbonyl (C=O) groups is 3. The normalized spacial score (nSPS) is 31.9. The van der Waals surface area contributed by atoms with E-state index in [9.17, 15) is 14.4 Å². The molecule has 6 rings (SSSR count). The lowest BCUT2D eigenvalue weighted by Crippen LogP contribution is -2.57. The molecule has 41 heavy (non-hydrogen) atoms. The summed E-state index contributed by atoms with van der Waals surface area (Å²) in [5.41, 5.74) is 2.77. The third kappa shape index (κ3) is 4.88. The number of rotatable bonds is 7. The van der Waals surface area contributed by atoms with E-state index in [1.165, 1.54) is 12.0 Å². The zero-order valence-corrected chi connectivity index (χ0v) is 24.4. The molecule has 2 saturated heterocycles. The summed E-state index contributed by atoms with van der Waals surface area (Å²) in [7, 11) is 0. The number of nitrogens with zero attached hydrogens (tertiary/aromatic N) is 1. The zero-order valence-electron chi connectivity index (χ0n) is 24.4. The molecule has 1 spiro atoms. The molecule has 3 heterocycles. The third-order valence-corrected chi connectivity index (χ3v) is 9.68. The maximum Gasteiger partial charge on any atom is 0.246 e. The Hall–Kier alpha value is -3.45. The summed E-state index contributed by atoms with van der Waals surface area (Å²) < 4.78 is 6.52. The first-order valence-corrected chi connectivity index (χ1v) is 15.1. The summed E-state index contributed by atoms with van der Waals surface area (Å²) in [6, 6.07) is 15.0. The van der Waals surface area contributed by atoms with Crippen LogP contribution in [-0.2, 0) is 25.7 Å². The van der Waals surface area contributed by atoms with Crippen LogP contribution in [0.25, 0.3) is 0 Å². The van der Waals surface area contributed by atoms with Crippen molar-refractivity contribution in [2.24, 2.45) is 17.8 Å². The van der Waals surface area contributed by atoms with Gasteiger partial charge in [0.1, 0.15) is 11.6 Å². The summed E-state index contributed by atoms with van der Waals surface area (Å²) in [5, 5.41) is 6.32. The lowest BCUT2D eigenvalue weighted by atomic mass is 9.74. The van der Waals surface area contributed by atoms with Gasteiger partial charge in [-0.05, 0) is 54.9 Å². The minimum absolute atomic E-state index is 0.0681. The molecular weight excluding hydrogens is 514 g/mol. The maximum atomic E-state index is 14.3. The number of nitrogens with one attached hydrogen (secondary N) is 2. The number of amides is 3. The fourth-order valence-corrected chi connectivity index (χ4v) is 7.30. The molecule has 3 fully saturated rings. The number of hydrogen-bond donors (Lipinski definition) is 2. The van der Waals surface area contributed by atoms with Crippen molar-refractivity contribution in [3.05, 3.63) is 77.4 Å². The average Bonchev–Trinajstić information content (AvgIpc) is 3.59. The van der Waals surface area contributed by atoms with Crippen molar-refractivity contribution in [3.8, 4) is 0 Å². The van der Waals surface area contributed by atoms with E-state index in [1.54, 1.807) is 4.90 Å². The Balaban J connectivity index is 1.30. The van der Waals surface area contributed by atoms with Crippen molar-refractivity contribution < 1.29 is 19.1 Å². The van der Waals surface area contributed by atoms with Crippen LogP contribution >= 0.6 is 0 Å². The topological polar surface area (TPSA) is 87.7 Å². The molecule has 3 amide bonds. The summed E-state index contributed by atoms with van der Waals surface area (Å²) in [6.07, 6.45) is 7.46. The summed E-state index contributed by atoms with van der Waals surface area (Å²) in [5.74, 6) is -1.37. The summed E-state index contributed by atoms with van der Waals surface area (Å²) in [6.45, 7) is 8.74. The van der Waals surface area contributed by atoms with Crippen LogP contribution in [0.2, 0.25) is 0 Å². The van der Waals surface area contributed by atoms with Gasteiger partial charge in [-0.15, -0.1) is 0 Å². The number of fused-ring (bicyclic) bond motifs is 1. The van der Waals surface area contributed by atoms with Gasteiger partial charge in [0, 0.05) is 18.3 Å². The van der Waals surface area contributed by atoms with Gasteiger partial charge in [-0.1, -0.05) is 87.7 Å². The van der Waals surface area contributed by atoms with Gasteiger partial charge in [0.15, 0.2) is 0 Å². The van der Waals surface area contributed by atoms with E-state index in [1.807, 2.05) is 67.6 Å². The van der Waals surface area contributed by atoms with Crippen LogP contribution in [0.1, 0.15) is 69.1 Å². The lowest BCUT2D eigenvalue weighted by molar-refractivity contribution is -0.142. The van der Waals surface area contributed by atoms with E-state index in [0.29, 0.717) is 17.5 Å². The van der Waals surface area contributed by atoms with Crippen molar-refractivity contribution >= 4 is 23.4 Å². The lowest BCUT2D eigenvalue weighted by Gasteiger charge is -2.36. The van der Waals surface area contributed by atoms with Crippen molar-refractivity contribution in [2.45, 2.75) is 89.6 Å². The quantitative estimate of drug-likeness (QED) is 0.465. The Kier molecular flexibility index (Phi) is 7.26. The highest BCUT2D eigenvalue weighted by Crippen LogP contribution is 2.55. The molecule has 2 aromatic carbocycles. The number of ether oxygens (including phenoxy) is 1. The van der Waals surface area contributed by atoms with Crippen LogP contribution in [0.4, 0.5) is 5.69 Å². The molecule has 0 aromatic heterocycles. The molecule has 216 valence electrons. The van der Waals surface area contributed by atoms with Crippen LogP contribution in [0.15, 0.2) is 60.7 Å². The van der Waals surface area contributed by atoms with E-state index in [2.05, 4.69) is 31.4 Å². The van der Waals surface area contributed by atoms with Crippen LogP contribution in [0, 0.1) is 24.7 Å². The number of likely N-dealkylation sites (tertiary alicyclic amines) is 1. The van der Waals surface area contributed by atoms with Gasteiger partial charge in [-0.25, -0.2) is 0 Å². The average molecular weight is 556 g/mol. The number of anilines is 1. The first-order chi connectivity index (χ1) is 19.7. The highest BCUT2D eigenvalue weighted by atomic mass is 16.5. The highest BCUT2D eigenvalue weighted by Gasteiger charge is 2.72. The molecule has 2 aromatic rings. The Morgan fingerprint density at radius 3 is 2.41 bits per heavy atom. The maximum absolute atomic E-state index is 14.3. The van der Waals surface area contributed by atoms with E-state index in [4.69, 9.17) is 4.74 Å². The molecular formula is C34H41N3O4. The molecule has 7 atom stereocenters. The summed E-state index contributed by atoms with van der Waals surface area (Å²) in [4.78, 5) is 43.8. The number of aryl methyl sites for hydroxylation is 1. The SMILES string of the molecule is Cc1ccc(CN2C(=O)C3C(C(=O)Nc4ccc(C(C)C)cc4)C4C=CC3(O4)C2C(=O)NC2CCCCC2C)cc1. The van der Waals surface area contributed by atoms with Gasteiger partial charge in [0.05, 0.1) is 17.9 Å². The second kappa shape index (κ2) is 10.8. The fraction of sp³-hybridized carbons (Fsp3) is 0.500. The molecule has 2 bridgehead atoms. The Morgan fingerprint density at radius 1 is 1.02 bits per heavy atom. The minimum atomic E-state index is -1.17. The number of benzene rings is 2. The van der Waals surface area contributed by atoms with Crippen LogP contribution in [-0.4, -0.2) is 46.4 Å². The monoisotopic (exact) mass is 555 g/mol. The fourth-order valence-electron chi connectivity index (χ4n) is 7.30. The molecule has 7 nitrogen and oxygen atoms in total. The van der Waals surface area contributed by atoms with Crippen molar-refractivity contribution in [1.82, 2.24) is 10.2 Å². The van der Waals surface area contributed by atoms with Gasteiger partial charge >= 0.3 is 0 Å². The van der Waals surface area contributed by atoms with Crippen LogP contribution in [0.3, 0.4) is 0 Å². The smallest absolute Gasteiger partial charge is 0.246 e. The molecule has 1 saturated carbocycles. The Labute approximate surface area is 242 Å². The van der Waals surface area contributed by atoms with E-state index in [-0.39, 0.29) is 30.3 Å². The molecule has 2 N–H and O–H groups in total. The van der Waals surface area contributed by atoms with Gasteiger partial charge in [0.25, 0.3) is 0 Å². The van der Waals surface area contributed by atoms with Crippen molar-refractivity contribution in [2.75, 3.05) is 5.32 Å². The molecule has 4 aliphatic rings. The van der Waals surface area contributed by atoms with Gasteiger partial charge in [0.2, 0.25) is 17.7 Å². The zero-order chi connectivity index (χ0) is 28.9. The van der Waals surface area contributed by atoms with Gasteiger partial charge < -0.3 is 20.3 Å². The molecule has 1 aliphatic carbocycles. The molecule has 0 radical (unpaired) electrons. The largest absolute Gasteiger partial charge is 0.359 e. The predicted molar refractivity (Wildman–Crippen MR) is 158 cm³/mol. The minimum Gasteiger partial charge on any atom is -0.359 e. The van der Waals surface area contributed by atoms with Gasteiger partial charge in [-0.2, -0.15) is 0 Å². The number of hydrogen-bond acceptors (Lipinski definition) is 4.